The van der Waals surface area contributed by atoms with Gasteiger partial charge < -0.3 is 5.32 Å². The molecule has 1 heterocycles. The third-order valence-corrected chi connectivity index (χ3v) is 4.42. The molecule has 1 aliphatic heterocycles. The monoisotopic (exact) mass is 246 g/mol. The summed E-state index contributed by atoms with van der Waals surface area (Å²) >= 11 is 0. The molecular formula is C16H26N2. The summed E-state index contributed by atoms with van der Waals surface area (Å²) in [5.74, 6) is 0. The predicted molar refractivity (Wildman–Crippen MR) is 77.6 cm³/mol. The van der Waals surface area contributed by atoms with Crippen molar-refractivity contribution in [2.24, 2.45) is 5.41 Å². The van der Waals surface area contributed by atoms with Crippen LogP contribution in [0.5, 0.6) is 0 Å². The first-order chi connectivity index (χ1) is 8.41. The van der Waals surface area contributed by atoms with Gasteiger partial charge in [0.05, 0.1) is 0 Å². The fourth-order valence-electron chi connectivity index (χ4n) is 2.72. The van der Waals surface area contributed by atoms with Crippen molar-refractivity contribution in [2.45, 2.75) is 46.3 Å². The predicted octanol–water partition coefficient (Wildman–Crippen LogP) is 3.20. The van der Waals surface area contributed by atoms with Gasteiger partial charge in [-0.2, -0.15) is 0 Å². The highest BCUT2D eigenvalue weighted by atomic mass is 15.2. The fraction of sp³-hybridized carbons (Fsp3) is 0.625. The smallest absolute Gasteiger partial charge is 0.0476 e. The van der Waals surface area contributed by atoms with E-state index in [-0.39, 0.29) is 0 Å². The topological polar surface area (TPSA) is 15.3 Å². The summed E-state index contributed by atoms with van der Waals surface area (Å²) in [4.78, 5) is 2.52. The van der Waals surface area contributed by atoms with Gasteiger partial charge in [-0.1, -0.05) is 45.0 Å². The molecule has 1 aromatic rings. The third kappa shape index (κ3) is 2.60. The molecule has 0 saturated heterocycles. The average Bonchev–Trinajstić information content (AvgIpc) is 2.35. The first-order valence-electron chi connectivity index (χ1n) is 6.91. The van der Waals surface area contributed by atoms with Gasteiger partial charge in [-0.15, -0.1) is 0 Å². The van der Waals surface area contributed by atoms with Crippen molar-refractivity contribution in [1.29, 1.82) is 0 Å². The lowest BCUT2D eigenvalue weighted by atomic mass is 9.85. The van der Waals surface area contributed by atoms with Gasteiger partial charge >= 0.3 is 0 Å². The van der Waals surface area contributed by atoms with Crippen molar-refractivity contribution < 1.29 is 0 Å². The number of fused-ring (bicyclic) bond motifs is 1. The maximum atomic E-state index is 3.54. The average molecular weight is 246 g/mol. The van der Waals surface area contributed by atoms with Crippen LogP contribution >= 0.6 is 0 Å². The maximum absolute atomic E-state index is 3.54. The van der Waals surface area contributed by atoms with Crippen molar-refractivity contribution in [3.05, 3.63) is 35.4 Å². The molecule has 2 atom stereocenters. The Morgan fingerprint density at radius 3 is 2.61 bits per heavy atom. The third-order valence-electron chi connectivity index (χ3n) is 4.42. The van der Waals surface area contributed by atoms with E-state index < -0.39 is 0 Å². The summed E-state index contributed by atoms with van der Waals surface area (Å²) in [5.41, 5.74) is 3.25. The second kappa shape index (κ2) is 5.02. The van der Waals surface area contributed by atoms with Crippen LogP contribution in [0.15, 0.2) is 24.3 Å². The van der Waals surface area contributed by atoms with Crippen molar-refractivity contribution in [3.8, 4) is 0 Å². The molecule has 0 fully saturated rings. The first-order valence-corrected chi connectivity index (χ1v) is 6.91. The van der Waals surface area contributed by atoms with Gasteiger partial charge in [-0.05, 0) is 30.5 Å². The van der Waals surface area contributed by atoms with Crippen LogP contribution in [0.2, 0.25) is 0 Å². The highest BCUT2D eigenvalue weighted by Crippen LogP contribution is 2.32. The summed E-state index contributed by atoms with van der Waals surface area (Å²) in [5, 5.41) is 3.54. The highest BCUT2D eigenvalue weighted by molar-refractivity contribution is 5.32. The molecule has 2 nitrogen and oxygen atoms in total. The Bertz CT molecular complexity index is 406. The van der Waals surface area contributed by atoms with E-state index in [1.54, 1.807) is 0 Å². The number of hydrogen-bond acceptors (Lipinski definition) is 2. The first kappa shape index (κ1) is 13.6. The molecule has 18 heavy (non-hydrogen) atoms. The molecule has 1 aliphatic rings. The van der Waals surface area contributed by atoms with Crippen molar-refractivity contribution in [1.82, 2.24) is 10.2 Å². The lowest BCUT2D eigenvalue weighted by Gasteiger charge is -2.42. The maximum Gasteiger partial charge on any atom is 0.0476 e. The van der Waals surface area contributed by atoms with Crippen LogP contribution in [-0.4, -0.2) is 24.5 Å². The van der Waals surface area contributed by atoms with Crippen LogP contribution in [0.25, 0.3) is 0 Å². The van der Waals surface area contributed by atoms with Gasteiger partial charge in [0.2, 0.25) is 0 Å². The number of benzene rings is 1. The lowest BCUT2D eigenvalue weighted by molar-refractivity contribution is 0.0923. The molecule has 2 heteroatoms. The van der Waals surface area contributed by atoms with Crippen LogP contribution in [0, 0.1) is 5.41 Å². The number of rotatable bonds is 2. The van der Waals surface area contributed by atoms with Crippen LogP contribution in [0.1, 0.15) is 44.9 Å². The van der Waals surface area contributed by atoms with Gasteiger partial charge in [0.25, 0.3) is 0 Å². The molecule has 1 aromatic carbocycles. The molecule has 100 valence electrons. The van der Waals surface area contributed by atoms with Gasteiger partial charge in [-0.3, -0.25) is 4.90 Å². The van der Waals surface area contributed by atoms with Gasteiger partial charge in [0.15, 0.2) is 0 Å². The van der Waals surface area contributed by atoms with E-state index in [1.807, 2.05) is 0 Å². The molecule has 1 N–H and O–H groups in total. The SMILES string of the molecule is CC(N(C)C1CNCc2ccccc21)C(C)(C)C. The van der Waals surface area contributed by atoms with E-state index in [2.05, 4.69) is 69.2 Å². The summed E-state index contributed by atoms with van der Waals surface area (Å²) in [6.07, 6.45) is 0. The Morgan fingerprint density at radius 1 is 1.28 bits per heavy atom. The minimum absolute atomic E-state index is 0.307. The normalized spacial score (nSPS) is 21.8. The molecular weight excluding hydrogens is 220 g/mol. The Labute approximate surface area is 111 Å². The summed E-state index contributed by atoms with van der Waals surface area (Å²) in [6.45, 7) is 11.3. The van der Waals surface area contributed by atoms with E-state index in [0.29, 0.717) is 17.5 Å². The van der Waals surface area contributed by atoms with E-state index in [4.69, 9.17) is 0 Å². The van der Waals surface area contributed by atoms with E-state index in [9.17, 15) is 0 Å². The molecule has 0 saturated carbocycles. The quantitative estimate of drug-likeness (QED) is 0.862. The number of likely N-dealkylation sites (N-methyl/N-ethyl adjacent to an activating group) is 1. The number of nitrogens with one attached hydrogen (secondary N) is 1. The Kier molecular flexibility index (Phi) is 3.79. The molecule has 0 amide bonds. The van der Waals surface area contributed by atoms with E-state index in [1.165, 1.54) is 11.1 Å². The summed E-state index contributed by atoms with van der Waals surface area (Å²) in [7, 11) is 2.25. The van der Waals surface area contributed by atoms with Crippen LogP contribution in [0.3, 0.4) is 0 Å². The van der Waals surface area contributed by atoms with Crippen molar-refractivity contribution in [3.63, 3.8) is 0 Å². The Morgan fingerprint density at radius 2 is 1.94 bits per heavy atom. The van der Waals surface area contributed by atoms with E-state index >= 15 is 0 Å². The van der Waals surface area contributed by atoms with Crippen molar-refractivity contribution in [2.75, 3.05) is 13.6 Å². The standard InChI is InChI=1S/C16H26N2/c1-12(16(2,3)4)18(5)15-11-17-10-13-8-6-7-9-14(13)15/h6-9,12,15,17H,10-11H2,1-5H3. The summed E-state index contributed by atoms with van der Waals surface area (Å²) in [6, 6.07) is 9.86. The molecule has 0 bridgehead atoms. The molecule has 2 rings (SSSR count). The molecule has 0 spiro atoms. The lowest BCUT2D eigenvalue weighted by Crippen LogP contribution is -2.46. The fourth-order valence-corrected chi connectivity index (χ4v) is 2.72. The molecule has 0 radical (unpaired) electrons. The minimum atomic E-state index is 0.307. The van der Waals surface area contributed by atoms with Crippen LogP contribution < -0.4 is 5.32 Å². The van der Waals surface area contributed by atoms with Gasteiger partial charge in [-0.25, -0.2) is 0 Å². The highest BCUT2D eigenvalue weighted by Gasteiger charge is 2.31. The zero-order valence-corrected chi connectivity index (χ0v) is 12.3. The molecule has 0 aliphatic carbocycles. The second-order valence-corrected chi connectivity index (χ2v) is 6.55. The Balaban J connectivity index is 2.25. The van der Waals surface area contributed by atoms with Gasteiger partial charge in [0, 0.05) is 25.2 Å². The Hall–Kier alpha value is -0.860. The molecule has 0 aromatic heterocycles. The number of nitrogens with zero attached hydrogens (tertiary/aromatic N) is 1. The zero-order chi connectivity index (χ0) is 13.3. The second-order valence-electron chi connectivity index (χ2n) is 6.55. The van der Waals surface area contributed by atoms with Gasteiger partial charge in [0.1, 0.15) is 0 Å². The van der Waals surface area contributed by atoms with E-state index in [0.717, 1.165) is 13.1 Å². The molecule has 2 unspecified atom stereocenters. The van der Waals surface area contributed by atoms with Crippen LogP contribution in [0.4, 0.5) is 0 Å². The zero-order valence-electron chi connectivity index (χ0n) is 12.3. The number of hydrogen-bond donors (Lipinski definition) is 1. The minimum Gasteiger partial charge on any atom is -0.311 e. The summed E-state index contributed by atoms with van der Waals surface area (Å²) < 4.78 is 0. The largest absolute Gasteiger partial charge is 0.311 e. The van der Waals surface area contributed by atoms with Crippen molar-refractivity contribution >= 4 is 0 Å². The van der Waals surface area contributed by atoms with Crippen LogP contribution in [-0.2, 0) is 6.54 Å².